The Morgan fingerprint density at radius 2 is 2.12 bits per heavy atom. The number of nitrogens with one attached hydrogen (secondary N) is 1. The SMILES string of the molecule is COc1ccc(-n2c(C=CC(=O)c3ccc[nH]3)nc3csnc32)cc1. The van der Waals surface area contributed by atoms with Crippen LogP contribution in [-0.2, 0) is 0 Å². The molecule has 0 saturated carbocycles. The summed E-state index contributed by atoms with van der Waals surface area (Å²) in [6, 6.07) is 11.2. The van der Waals surface area contributed by atoms with Crippen molar-refractivity contribution >= 4 is 34.6 Å². The van der Waals surface area contributed by atoms with Crippen LogP contribution in [0, 0.1) is 0 Å². The molecule has 0 aliphatic rings. The molecule has 0 spiro atoms. The van der Waals surface area contributed by atoms with Crippen LogP contribution < -0.4 is 4.74 Å². The Morgan fingerprint density at radius 1 is 1.28 bits per heavy atom. The van der Waals surface area contributed by atoms with E-state index in [9.17, 15) is 4.79 Å². The van der Waals surface area contributed by atoms with E-state index in [1.807, 2.05) is 34.2 Å². The lowest BCUT2D eigenvalue weighted by molar-refractivity contribution is 0.104. The van der Waals surface area contributed by atoms with Crippen molar-refractivity contribution in [3.63, 3.8) is 0 Å². The first-order valence-electron chi connectivity index (χ1n) is 7.59. The van der Waals surface area contributed by atoms with Gasteiger partial charge in [-0.15, -0.1) is 0 Å². The molecule has 1 aromatic carbocycles. The zero-order chi connectivity index (χ0) is 17.2. The maximum absolute atomic E-state index is 12.2. The van der Waals surface area contributed by atoms with Crippen LogP contribution in [0.5, 0.6) is 5.75 Å². The molecule has 3 heterocycles. The van der Waals surface area contributed by atoms with Crippen molar-refractivity contribution < 1.29 is 9.53 Å². The quantitative estimate of drug-likeness (QED) is 0.440. The molecule has 0 aliphatic carbocycles. The normalized spacial score (nSPS) is 11.4. The first kappa shape index (κ1) is 15.3. The summed E-state index contributed by atoms with van der Waals surface area (Å²) < 4.78 is 11.6. The number of rotatable bonds is 5. The van der Waals surface area contributed by atoms with Crippen LogP contribution in [-0.4, -0.2) is 31.8 Å². The zero-order valence-corrected chi connectivity index (χ0v) is 14.2. The highest BCUT2D eigenvalue weighted by Crippen LogP contribution is 2.24. The predicted molar refractivity (Wildman–Crippen MR) is 97.5 cm³/mol. The molecule has 1 N–H and O–H groups in total. The van der Waals surface area contributed by atoms with E-state index in [0.29, 0.717) is 11.5 Å². The molecule has 0 radical (unpaired) electrons. The second kappa shape index (κ2) is 6.37. The molecule has 0 atom stereocenters. The molecule has 3 aromatic heterocycles. The Bertz CT molecular complexity index is 1040. The lowest BCUT2D eigenvalue weighted by Crippen LogP contribution is -1.99. The summed E-state index contributed by atoms with van der Waals surface area (Å²) in [5.74, 6) is 1.32. The number of ketones is 1. The third-order valence-corrected chi connectivity index (χ3v) is 4.39. The van der Waals surface area contributed by atoms with Crippen molar-refractivity contribution in [2.75, 3.05) is 7.11 Å². The lowest BCUT2D eigenvalue weighted by Gasteiger charge is -2.07. The van der Waals surface area contributed by atoms with Crippen LogP contribution in [0.15, 0.2) is 54.1 Å². The summed E-state index contributed by atoms with van der Waals surface area (Å²) in [7, 11) is 1.63. The van der Waals surface area contributed by atoms with Crippen molar-refractivity contribution in [1.29, 1.82) is 0 Å². The number of H-pyrrole nitrogens is 1. The number of allylic oxidation sites excluding steroid dienone is 1. The number of aromatic amines is 1. The van der Waals surface area contributed by atoms with Gasteiger partial charge >= 0.3 is 0 Å². The first-order valence-corrected chi connectivity index (χ1v) is 8.43. The number of benzene rings is 1. The molecule has 124 valence electrons. The fourth-order valence-corrected chi connectivity index (χ4v) is 3.15. The monoisotopic (exact) mass is 350 g/mol. The average Bonchev–Trinajstić information content (AvgIpc) is 3.36. The van der Waals surface area contributed by atoms with E-state index in [0.717, 1.165) is 22.6 Å². The fourth-order valence-electron chi connectivity index (χ4n) is 2.56. The number of imidazole rings is 1. The van der Waals surface area contributed by atoms with Gasteiger partial charge in [-0.05, 0) is 60.1 Å². The molecule has 0 aliphatic heterocycles. The van der Waals surface area contributed by atoms with Gasteiger partial charge in [0.1, 0.15) is 17.1 Å². The number of ether oxygens (including phenoxy) is 1. The van der Waals surface area contributed by atoms with E-state index in [1.165, 1.54) is 17.6 Å². The average molecular weight is 350 g/mol. The Hall–Kier alpha value is -3.19. The maximum atomic E-state index is 12.2. The van der Waals surface area contributed by atoms with Gasteiger partial charge in [0.2, 0.25) is 5.78 Å². The minimum absolute atomic E-state index is 0.107. The van der Waals surface area contributed by atoms with Gasteiger partial charge in [-0.3, -0.25) is 9.36 Å². The highest BCUT2D eigenvalue weighted by Gasteiger charge is 2.13. The summed E-state index contributed by atoms with van der Waals surface area (Å²) in [5.41, 5.74) is 3.01. The van der Waals surface area contributed by atoms with Crippen LogP contribution in [0.4, 0.5) is 0 Å². The van der Waals surface area contributed by atoms with Gasteiger partial charge in [0, 0.05) is 17.3 Å². The van der Waals surface area contributed by atoms with E-state index in [2.05, 4.69) is 14.3 Å². The molecule has 7 heteroatoms. The lowest BCUT2D eigenvalue weighted by atomic mass is 10.2. The summed E-state index contributed by atoms with van der Waals surface area (Å²) in [5, 5.41) is 1.89. The third-order valence-electron chi connectivity index (χ3n) is 3.79. The van der Waals surface area contributed by atoms with Gasteiger partial charge in [0.15, 0.2) is 5.65 Å². The molecule has 6 nitrogen and oxygen atoms in total. The summed E-state index contributed by atoms with van der Waals surface area (Å²) in [4.78, 5) is 19.7. The van der Waals surface area contributed by atoms with Crippen molar-refractivity contribution in [2.24, 2.45) is 0 Å². The van der Waals surface area contributed by atoms with Crippen molar-refractivity contribution in [3.05, 3.63) is 65.6 Å². The number of nitrogens with zero attached hydrogens (tertiary/aromatic N) is 3. The van der Waals surface area contributed by atoms with E-state index < -0.39 is 0 Å². The van der Waals surface area contributed by atoms with Crippen molar-refractivity contribution in [1.82, 2.24) is 18.9 Å². The summed E-state index contributed by atoms with van der Waals surface area (Å²) >= 11 is 1.35. The smallest absolute Gasteiger partial charge is 0.202 e. The number of fused-ring (bicyclic) bond motifs is 1. The van der Waals surface area contributed by atoms with E-state index >= 15 is 0 Å². The fraction of sp³-hybridized carbons (Fsp3) is 0.0556. The summed E-state index contributed by atoms with van der Waals surface area (Å²) in [6.07, 6.45) is 4.94. The number of methoxy groups -OCH3 is 1. The molecule has 0 saturated heterocycles. The second-order valence-corrected chi connectivity index (χ2v) is 5.94. The molecule has 0 amide bonds. The Kier molecular flexibility index (Phi) is 3.91. The number of carbonyl (C=O) groups is 1. The molecule has 4 aromatic rings. The van der Waals surface area contributed by atoms with Gasteiger partial charge in [-0.2, -0.15) is 4.37 Å². The Morgan fingerprint density at radius 3 is 2.84 bits per heavy atom. The van der Waals surface area contributed by atoms with Gasteiger partial charge in [-0.25, -0.2) is 4.98 Å². The Labute approximate surface area is 147 Å². The van der Waals surface area contributed by atoms with Crippen LogP contribution in [0.3, 0.4) is 0 Å². The van der Waals surface area contributed by atoms with Gasteiger partial charge in [0.25, 0.3) is 0 Å². The molecule has 4 rings (SSSR count). The minimum Gasteiger partial charge on any atom is -0.497 e. The molecular formula is C18H14N4O2S. The van der Waals surface area contributed by atoms with E-state index in [4.69, 9.17) is 4.74 Å². The molecule has 0 fully saturated rings. The largest absolute Gasteiger partial charge is 0.497 e. The van der Waals surface area contributed by atoms with Gasteiger partial charge in [-0.1, -0.05) is 0 Å². The van der Waals surface area contributed by atoms with Crippen LogP contribution in [0.25, 0.3) is 22.9 Å². The van der Waals surface area contributed by atoms with E-state index in [1.54, 1.807) is 31.5 Å². The highest BCUT2D eigenvalue weighted by atomic mass is 32.1. The molecule has 25 heavy (non-hydrogen) atoms. The molecule has 0 bridgehead atoms. The number of aromatic nitrogens is 4. The predicted octanol–water partition coefficient (Wildman–Crippen LogP) is 3.71. The van der Waals surface area contributed by atoms with E-state index in [-0.39, 0.29) is 5.78 Å². The van der Waals surface area contributed by atoms with Crippen LogP contribution >= 0.6 is 11.5 Å². The number of hydrogen-bond donors (Lipinski definition) is 1. The number of hydrogen-bond acceptors (Lipinski definition) is 5. The maximum Gasteiger partial charge on any atom is 0.202 e. The number of carbonyl (C=O) groups excluding carboxylic acids is 1. The van der Waals surface area contributed by atoms with Crippen LogP contribution in [0.2, 0.25) is 0 Å². The zero-order valence-electron chi connectivity index (χ0n) is 13.3. The van der Waals surface area contributed by atoms with Crippen molar-refractivity contribution in [2.45, 2.75) is 0 Å². The van der Waals surface area contributed by atoms with Crippen LogP contribution in [0.1, 0.15) is 16.3 Å². The third kappa shape index (κ3) is 2.85. The topological polar surface area (TPSA) is 72.8 Å². The minimum atomic E-state index is -0.107. The standard InChI is InChI=1S/C18H14N4O2S/c1-24-13-6-4-12(5-7-13)22-17(20-15-11-25-21-18(15)22)9-8-16(23)14-3-2-10-19-14/h2-11,19H,1H3. The second-order valence-electron chi connectivity index (χ2n) is 5.31. The first-order chi connectivity index (χ1) is 12.3. The molecule has 0 unspecified atom stereocenters. The van der Waals surface area contributed by atoms with Gasteiger partial charge in [0.05, 0.1) is 12.8 Å². The molecular weight excluding hydrogens is 336 g/mol. The summed E-state index contributed by atoms with van der Waals surface area (Å²) in [6.45, 7) is 0. The Balaban J connectivity index is 1.76. The van der Waals surface area contributed by atoms with Gasteiger partial charge < -0.3 is 9.72 Å². The van der Waals surface area contributed by atoms with Crippen molar-refractivity contribution in [3.8, 4) is 11.4 Å². The highest BCUT2D eigenvalue weighted by molar-refractivity contribution is 7.04.